The van der Waals surface area contributed by atoms with Crippen molar-refractivity contribution in [1.29, 1.82) is 0 Å². The van der Waals surface area contributed by atoms with Crippen molar-refractivity contribution < 1.29 is 19.4 Å². The van der Waals surface area contributed by atoms with E-state index < -0.39 is 23.0 Å². The van der Waals surface area contributed by atoms with Crippen molar-refractivity contribution in [2.75, 3.05) is 12.3 Å². The molecule has 6 heteroatoms. The molecule has 1 amide bonds. The van der Waals surface area contributed by atoms with Crippen LogP contribution in [0.2, 0.25) is 0 Å². The molecule has 1 unspecified atom stereocenters. The van der Waals surface area contributed by atoms with Crippen LogP contribution in [-0.4, -0.2) is 45.3 Å². The molecule has 0 aromatic carbocycles. The van der Waals surface area contributed by atoms with Crippen molar-refractivity contribution >= 4 is 23.8 Å². The van der Waals surface area contributed by atoms with Crippen molar-refractivity contribution in [1.82, 2.24) is 4.90 Å². The summed E-state index contributed by atoms with van der Waals surface area (Å²) in [5, 5.41) is 8.17. The average molecular weight is 247 g/mol. The lowest BCUT2D eigenvalue weighted by Crippen LogP contribution is -2.48. The topological polar surface area (TPSA) is 66.8 Å². The normalized spacial score (nSPS) is 21.7. The first-order valence-electron chi connectivity index (χ1n) is 5.15. The average Bonchev–Trinajstić information content (AvgIpc) is 2.15. The van der Waals surface area contributed by atoms with Gasteiger partial charge in [-0.05, 0) is 32.9 Å². The standard InChI is InChI=1S/C10H17NO4S/c1-10(2,3)15-9(14)11-5-4-6-16-7(11)8(12)13/h7H,4-6H2,1-3H3,(H,12,13). The lowest BCUT2D eigenvalue weighted by atomic mass is 10.2. The third kappa shape index (κ3) is 3.59. The van der Waals surface area contributed by atoms with Gasteiger partial charge >= 0.3 is 12.1 Å². The molecule has 0 radical (unpaired) electrons. The van der Waals surface area contributed by atoms with E-state index in [1.807, 2.05) is 0 Å². The van der Waals surface area contributed by atoms with Gasteiger partial charge in [-0.15, -0.1) is 11.8 Å². The number of aliphatic carboxylic acids is 1. The molecule has 1 aliphatic heterocycles. The molecule has 1 saturated heterocycles. The minimum absolute atomic E-state index is 0.443. The zero-order chi connectivity index (χ0) is 12.3. The number of thioether (sulfide) groups is 1. The van der Waals surface area contributed by atoms with Gasteiger partial charge in [0.25, 0.3) is 0 Å². The maximum atomic E-state index is 11.8. The van der Waals surface area contributed by atoms with Crippen molar-refractivity contribution in [3.05, 3.63) is 0 Å². The Balaban J connectivity index is 2.68. The van der Waals surface area contributed by atoms with Crippen molar-refractivity contribution in [3.8, 4) is 0 Å². The van der Waals surface area contributed by atoms with Gasteiger partial charge in [-0.1, -0.05) is 0 Å². The van der Waals surface area contributed by atoms with Gasteiger partial charge in [0.1, 0.15) is 5.60 Å². The highest BCUT2D eigenvalue weighted by Crippen LogP contribution is 2.25. The molecule has 92 valence electrons. The maximum Gasteiger partial charge on any atom is 0.411 e. The van der Waals surface area contributed by atoms with E-state index in [4.69, 9.17) is 9.84 Å². The largest absolute Gasteiger partial charge is 0.479 e. The summed E-state index contributed by atoms with van der Waals surface area (Å²) in [5.74, 6) is -0.230. The number of carboxylic acid groups (broad SMARTS) is 1. The fourth-order valence-corrected chi connectivity index (χ4v) is 2.38. The summed E-state index contributed by atoms with van der Waals surface area (Å²) in [6, 6.07) is 0. The van der Waals surface area contributed by atoms with Gasteiger partial charge in [0.15, 0.2) is 5.37 Å². The minimum Gasteiger partial charge on any atom is -0.479 e. The third-order valence-electron chi connectivity index (χ3n) is 1.94. The number of nitrogens with zero attached hydrogens (tertiary/aromatic N) is 1. The first-order chi connectivity index (χ1) is 7.31. The molecule has 1 fully saturated rings. The van der Waals surface area contributed by atoms with E-state index in [9.17, 15) is 9.59 Å². The number of ether oxygens (including phenoxy) is 1. The minimum atomic E-state index is -0.990. The van der Waals surface area contributed by atoms with Crippen molar-refractivity contribution in [2.24, 2.45) is 0 Å². The Bertz CT molecular complexity index is 287. The molecule has 0 bridgehead atoms. The van der Waals surface area contributed by atoms with E-state index in [1.54, 1.807) is 20.8 Å². The number of hydrogen-bond acceptors (Lipinski definition) is 4. The molecule has 1 N–H and O–H groups in total. The Hall–Kier alpha value is -0.910. The quantitative estimate of drug-likeness (QED) is 0.765. The molecule has 0 aliphatic carbocycles. The van der Waals surface area contributed by atoms with Crippen LogP contribution >= 0.6 is 11.8 Å². The SMILES string of the molecule is CC(C)(C)OC(=O)N1CCCSC1C(=O)O. The number of carbonyl (C=O) groups is 2. The fourth-order valence-electron chi connectivity index (χ4n) is 1.35. The third-order valence-corrected chi connectivity index (χ3v) is 3.24. The summed E-state index contributed by atoms with van der Waals surface area (Å²) in [6.07, 6.45) is 0.250. The Morgan fingerprint density at radius 3 is 2.56 bits per heavy atom. The smallest absolute Gasteiger partial charge is 0.411 e. The highest BCUT2D eigenvalue weighted by atomic mass is 32.2. The second-order valence-electron chi connectivity index (χ2n) is 4.59. The van der Waals surface area contributed by atoms with Crippen LogP contribution in [0.4, 0.5) is 4.79 Å². The Kier molecular flexibility index (Phi) is 4.07. The van der Waals surface area contributed by atoms with Gasteiger partial charge in [0, 0.05) is 6.54 Å². The van der Waals surface area contributed by atoms with Crippen molar-refractivity contribution in [2.45, 2.75) is 38.2 Å². The summed E-state index contributed by atoms with van der Waals surface area (Å²) in [5.41, 5.74) is -0.595. The van der Waals surface area contributed by atoms with E-state index >= 15 is 0 Å². The molecule has 16 heavy (non-hydrogen) atoms. The summed E-state index contributed by atoms with van der Waals surface area (Å²) in [7, 11) is 0. The number of amides is 1. The van der Waals surface area contributed by atoms with E-state index in [2.05, 4.69) is 0 Å². The van der Waals surface area contributed by atoms with Crippen LogP contribution in [0, 0.1) is 0 Å². The van der Waals surface area contributed by atoms with Gasteiger partial charge in [-0.25, -0.2) is 9.59 Å². The molecular formula is C10H17NO4S. The zero-order valence-electron chi connectivity index (χ0n) is 9.73. The van der Waals surface area contributed by atoms with Crippen LogP contribution in [0.5, 0.6) is 0 Å². The fraction of sp³-hybridized carbons (Fsp3) is 0.800. The lowest BCUT2D eigenvalue weighted by Gasteiger charge is -2.33. The predicted octanol–water partition coefficient (Wildman–Crippen LogP) is 1.77. The lowest BCUT2D eigenvalue weighted by molar-refractivity contribution is -0.139. The van der Waals surface area contributed by atoms with Crippen LogP contribution in [0.3, 0.4) is 0 Å². The molecule has 5 nitrogen and oxygen atoms in total. The number of carboxylic acids is 1. The molecule has 0 aromatic heterocycles. The molecule has 0 saturated carbocycles. The maximum absolute atomic E-state index is 11.8. The monoisotopic (exact) mass is 247 g/mol. The van der Waals surface area contributed by atoms with Gasteiger partial charge in [-0.2, -0.15) is 0 Å². The zero-order valence-corrected chi connectivity index (χ0v) is 10.5. The van der Waals surface area contributed by atoms with Gasteiger partial charge < -0.3 is 9.84 Å². The number of carbonyl (C=O) groups excluding carboxylic acids is 1. The second kappa shape index (κ2) is 4.95. The molecule has 1 aliphatic rings. The van der Waals surface area contributed by atoms with Crippen LogP contribution in [0.15, 0.2) is 0 Å². The summed E-state index contributed by atoms with van der Waals surface area (Å²) in [4.78, 5) is 24.0. The summed E-state index contributed by atoms with van der Waals surface area (Å²) >= 11 is 1.26. The van der Waals surface area contributed by atoms with Gasteiger partial charge in [-0.3, -0.25) is 4.90 Å². The van der Waals surface area contributed by atoms with Crippen LogP contribution in [0.1, 0.15) is 27.2 Å². The Morgan fingerprint density at radius 2 is 2.06 bits per heavy atom. The molecular weight excluding hydrogens is 230 g/mol. The van der Waals surface area contributed by atoms with E-state index in [0.29, 0.717) is 6.54 Å². The Labute approximate surface area is 99.1 Å². The molecule has 0 spiro atoms. The van der Waals surface area contributed by atoms with Crippen LogP contribution < -0.4 is 0 Å². The highest BCUT2D eigenvalue weighted by molar-refractivity contribution is 8.00. The molecule has 0 aromatic rings. The van der Waals surface area contributed by atoms with Crippen LogP contribution in [0.25, 0.3) is 0 Å². The van der Waals surface area contributed by atoms with E-state index in [-0.39, 0.29) is 0 Å². The molecule has 1 heterocycles. The first kappa shape index (κ1) is 13.2. The van der Waals surface area contributed by atoms with Crippen LogP contribution in [-0.2, 0) is 9.53 Å². The number of hydrogen-bond donors (Lipinski definition) is 1. The molecule has 1 rings (SSSR count). The number of rotatable bonds is 1. The van der Waals surface area contributed by atoms with Gasteiger partial charge in [0.05, 0.1) is 0 Å². The van der Waals surface area contributed by atoms with Gasteiger partial charge in [0.2, 0.25) is 0 Å². The summed E-state index contributed by atoms with van der Waals surface area (Å²) in [6.45, 7) is 5.73. The van der Waals surface area contributed by atoms with E-state index in [1.165, 1.54) is 16.7 Å². The summed E-state index contributed by atoms with van der Waals surface area (Å²) < 4.78 is 5.17. The second-order valence-corrected chi connectivity index (χ2v) is 5.78. The Morgan fingerprint density at radius 1 is 1.44 bits per heavy atom. The predicted molar refractivity (Wildman–Crippen MR) is 61.4 cm³/mol. The molecule has 1 atom stereocenters. The van der Waals surface area contributed by atoms with Crippen molar-refractivity contribution in [3.63, 3.8) is 0 Å². The first-order valence-corrected chi connectivity index (χ1v) is 6.20. The van der Waals surface area contributed by atoms with E-state index in [0.717, 1.165) is 12.2 Å². The highest BCUT2D eigenvalue weighted by Gasteiger charge is 2.35.